The molecule has 0 aliphatic carbocycles. The number of carbonyl (C=O) groups excluding carboxylic acids is 1. The van der Waals surface area contributed by atoms with Gasteiger partial charge in [0.05, 0.1) is 23.9 Å². The zero-order valence-corrected chi connectivity index (χ0v) is 12.9. The second-order valence-electron chi connectivity index (χ2n) is 5.48. The van der Waals surface area contributed by atoms with E-state index in [0.717, 1.165) is 12.1 Å². The fraction of sp³-hybridized carbons (Fsp3) is 0.533. The number of ether oxygens (including phenoxy) is 1. The standard InChI is InChI=1S/C15H19F3N2O3/c1-3-6-22-14(21)23-20-9(2)7-12(19)11-8-10(15(16,17)18)4-5-13(11)20/h4-5,8-9,12H,3,6-7,19H2,1-2H3/t9-,12+/m1/s1. The number of hydrogen-bond donors (Lipinski definition) is 1. The number of alkyl halides is 3. The summed E-state index contributed by atoms with van der Waals surface area (Å²) >= 11 is 0. The van der Waals surface area contributed by atoms with Crippen molar-refractivity contribution in [3.05, 3.63) is 29.3 Å². The summed E-state index contributed by atoms with van der Waals surface area (Å²) in [5.74, 6) is 0. The summed E-state index contributed by atoms with van der Waals surface area (Å²) in [5.41, 5.74) is 5.81. The Bertz CT molecular complexity index is 578. The molecule has 2 rings (SSSR count). The summed E-state index contributed by atoms with van der Waals surface area (Å²) in [5, 5.41) is 1.26. The molecule has 0 saturated heterocycles. The van der Waals surface area contributed by atoms with Crippen LogP contribution in [0.1, 0.15) is 43.9 Å². The first-order valence-electron chi connectivity index (χ1n) is 7.34. The summed E-state index contributed by atoms with van der Waals surface area (Å²) < 4.78 is 43.4. The van der Waals surface area contributed by atoms with E-state index in [2.05, 4.69) is 0 Å². The smallest absolute Gasteiger partial charge is 0.433 e. The summed E-state index contributed by atoms with van der Waals surface area (Å²) in [6, 6.07) is 2.37. The highest BCUT2D eigenvalue weighted by atomic mass is 19.4. The monoisotopic (exact) mass is 332 g/mol. The minimum atomic E-state index is -4.45. The zero-order valence-electron chi connectivity index (χ0n) is 12.9. The molecular formula is C15H19F3N2O3. The molecule has 8 heteroatoms. The molecule has 0 aromatic heterocycles. The summed E-state index contributed by atoms with van der Waals surface area (Å²) in [4.78, 5) is 16.8. The van der Waals surface area contributed by atoms with Gasteiger partial charge in [-0.15, -0.1) is 0 Å². The topological polar surface area (TPSA) is 64.8 Å². The van der Waals surface area contributed by atoms with Crippen molar-refractivity contribution in [1.29, 1.82) is 0 Å². The molecule has 1 aliphatic rings. The van der Waals surface area contributed by atoms with E-state index in [9.17, 15) is 18.0 Å². The molecule has 0 unspecified atom stereocenters. The number of nitrogens with two attached hydrogens (primary N) is 1. The van der Waals surface area contributed by atoms with Gasteiger partial charge in [0.25, 0.3) is 0 Å². The van der Waals surface area contributed by atoms with Gasteiger partial charge in [-0.1, -0.05) is 6.92 Å². The molecule has 1 aliphatic heterocycles. The molecule has 1 aromatic carbocycles. The number of benzene rings is 1. The maximum absolute atomic E-state index is 12.8. The molecule has 5 nitrogen and oxygen atoms in total. The van der Waals surface area contributed by atoms with Crippen LogP contribution in [-0.2, 0) is 15.8 Å². The molecule has 1 heterocycles. The lowest BCUT2D eigenvalue weighted by Gasteiger charge is -2.37. The van der Waals surface area contributed by atoms with Gasteiger partial charge in [0, 0.05) is 6.04 Å². The van der Waals surface area contributed by atoms with Crippen LogP contribution in [0.15, 0.2) is 18.2 Å². The molecule has 2 N–H and O–H groups in total. The van der Waals surface area contributed by atoms with Crippen LogP contribution in [0.2, 0.25) is 0 Å². The van der Waals surface area contributed by atoms with Gasteiger partial charge >= 0.3 is 12.3 Å². The molecule has 0 amide bonds. The van der Waals surface area contributed by atoms with E-state index in [0.29, 0.717) is 24.1 Å². The van der Waals surface area contributed by atoms with Crippen LogP contribution in [0.3, 0.4) is 0 Å². The SMILES string of the molecule is CCCOC(=O)ON1c2ccc(C(F)(F)F)cc2[C@@H](N)C[C@H]1C. The van der Waals surface area contributed by atoms with Gasteiger partial charge in [-0.05, 0) is 43.5 Å². The van der Waals surface area contributed by atoms with E-state index < -0.39 is 23.9 Å². The molecule has 0 fully saturated rings. The number of hydroxylamine groups is 1. The third-order valence-corrected chi connectivity index (χ3v) is 3.58. The average Bonchev–Trinajstić information content (AvgIpc) is 2.48. The van der Waals surface area contributed by atoms with Gasteiger partial charge in [0.2, 0.25) is 0 Å². The Kier molecular flexibility index (Phi) is 5.03. The number of hydrogen-bond acceptors (Lipinski definition) is 5. The molecule has 0 spiro atoms. The minimum absolute atomic E-state index is 0.209. The largest absolute Gasteiger partial charge is 0.533 e. The molecule has 0 bridgehead atoms. The maximum atomic E-state index is 12.8. The van der Waals surface area contributed by atoms with Crippen LogP contribution < -0.4 is 10.8 Å². The average molecular weight is 332 g/mol. The van der Waals surface area contributed by atoms with E-state index in [-0.39, 0.29) is 12.6 Å². The van der Waals surface area contributed by atoms with Crippen LogP contribution >= 0.6 is 0 Å². The zero-order chi connectivity index (χ0) is 17.2. The predicted molar refractivity (Wildman–Crippen MR) is 77.7 cm³/mol. The van der Waals surface area contributed by atoms with Gasteiger partial charge in [0.1, 0.15) is 0 Å². The Morgan fingerprint density at radius 1 is 1.43 bits per heavy atom. The Labute approximate surface area is 132 Å². The first kappa shape index (κ1) is 17.4. The van der Waals surface area contributed by atoms with E-state index in [1.165, 1.54) is 11.1 Å². The van der Waals surface area contributed by atoms with Crippen LogP contribution in [0.25, 0.3) is 0 Å². The first-order chi connectivity index (χ1) is 10.7. The molecule has 0 radical (unpaired) electrons. The summed E-state index contributed by atoms with van der Waals surface area (Å²) in [6.45, 7) is 3.82. The lowest BCUT2D eigenvalue weighted by atomic mass is 9.92. The fourth-order valence-corrected chi connectivity index (χ4v) is 2.49. The van der Waals surface area contributed by atoms with Crippen molar-refractivity contribution in [2.75, 3.05) is 11.7 Å². The fourth-order valence-electron chi connectivity index (χ4n) is 2.49. The van der Waals surface area contributed by atoms with Crippen LogP contribution in [0, 0.1) is 0 Å². The quantitative estimate of drug-likeness (QED) is 0.853. The Balaban J connectivity index is 2.29. The highest BCUT2D eigenvalue weighted by Gasteiger charge is 2.36. The molecule has 23 heavy (non-hydrogen) atoms. The normalized spacial score (nSPS) is 20.9. The van der Waals surface area contributed by atoms with Crippen molar-refractivity contribution in [2.24, 2.45) is 5.73 Å². The van der Waals surface area contributed by atoms with Crippen molar-refractivity contribution >= 4 is 11.8 Å². The summed E-state index contributed by atoms with van der Waals surface area (Å²) in [6.07, 6.45) is -4.35. The number of nitrogens with zero attached hydrogens (tertiary/aromatic N) is 1. The van der Waals surface area contributed by atoms with E-state index in [1.807, 2.05) is 6.92 Å². The van der Waals surface area contributed by atoms with Gasteiger partial charge in [-0.3, -0.25) is 0 Å². The van der Waals surface area contributed by atoms with Gasteiger partial charge in [0.15, 0.2) is 0 Å². The second kappa shape index (κ2) is 6.66. The van der Waals surface area contributed by atoms with Crippen molar-refractivity contribution in [3.63, 3.8) is 0 Å². The third kappa shape index (κ3) is 3.87. The van der Waals surface area contributed by atoms with E-state index >= 15 is 0 Å². The minimum Gasteiger partial charge on any atom is -0.433 e. The Morgan fingerprint density at radius 2 is 2.13 bits per heavy atom. The number of carbonyl (C=O) groups is 1. The number of fused-ring (bicyclic) bond motifs is 1. The third-order valence-electron chi connectivity index (χ3n) is 3.58. The second-order valence-corrected chi connectivity index (χ2v) is 5.48. The molecule has 1 aromatic rings. The highest BCUT2D eigenvalue weighted by Crippen LogP contribution is 2.40. The molecule has 0 saturated carbocycles. The van der Waals surface area contributed by atoms with Crippen molar-refractivity contribution in [3.8, 4) is 0 Å². The predicted octanol–water partition coefficient (Wildman–Crippen LogP) is 3.78. The molecule has 2 atom stereocenters. The van der Waals surface area contributed by atoms with E-state index in [1.54, 1.807) is 6.92 Å². The van der Waals surface area contributed by atoms with Crippen LogP contribution in [0.4, 0.5) is 23.7 Å². The summed E-state index contributed by atoms with van der Waals surface area (Å²) in [7, 11) is 0. The van der Waals surface area contributed by atoms with Crippen molar-refractivity contribution < 1.29 is 27.5 Å². The van der Waals surface area contributed by atoms with Gasteiger partial charge in [-0.25, -0.2) is 9.86 Å². The Hall–Kier alpha value is -1.96. The highest BCUT2D eigenvalue weighted by molar-refractivity contribution is 5.65. The lowest BCUT2D eigenvalue weighted by Crippen LogP contribution is -2.42. The van der Waals surface area contributed by atoms with Crippen LogP contribution in [-0.4, -0.2) is 18.8 Å². The molecule has 128 valence electrons. The van der Waals surface area contributed by atoms with Crippen molar-refractivity contribution in [1.82, 2.24) is 0 Å². The first-order valence-corrected chi connectivity index (χ1v) is 7.34. The Morgan fingerprint density at radius 3 is 2.74 bits per heavy atom. The van der Waals surface area contributed by atoms with Crippen LogP contribution in [0.5, 0.6) is 0 Å². The maximum Gasteiger partial charge on any atom is 0.533 e. The van der Waals surface area contributed by atoms with Gasteiger partial charge in [-0.2, -0.15) is 13.2 Å². The van der Waals surface area contributed by atoms with E-state index in [4.69, 9.17) is 15.3 Å². The number of anilines is 1. The number of halogens is 3. The molecular weight excluding hydrogens is 313 g/mol. The lowest BCUT2D eigenvalue weighted by molar-refractivity contribution is -0.137. The number of rotatable bonds is 3. The van der Waals surface area contributed by atoms with Crippen molar-refractivity contribution in [2.45, 2.75) is 44.9 Å². The van der Waals surface area contributed by atoms with Gasteiger partial charge < -0.3 is 15.3 Å².